The molecule has 4 atom stereocenters. The van der Waals surface area contributed by atoms with Crippen molar-refractivity contribution in [1.82, 2.24) is 21.3 Å². The number of rotatable bonds is 10. The maximum Gasteiger partial charge on any atom is 0.334 e. The van der Waals surface area contributed by atoms with Crippen molar-refractivity contribution in [3.63, 3.8) is 0 Å². The molecule has 0 bridgehead atoms. The van der Waals surface area contributed by atoms with Gasteiger partial charge < -0.3 is 40.5 Å². The number of nitrogens with zero attached hydrogens (tertiary/aromatic N) is 4. The topological polar surface area (TPSA) is 223 Å². The third-order valence-electron chi connectivity index (χ3n) is 9.28. The largest absolute Gasteiger partial charge is 0.467 e. The molecule has 0 saturated carbocycles. The normalized spacial score (nSPS) is 24.2. The third kappa shape index (κ3) is 6.98. The fourth-order valence-corrected chi connectivity index (χ4v) is 7.12. The number of hydrogen-bond donors (Lipinski definition) is 4. The molecule has 3 saturated heterocycles. The van der Waals surface area contributed by atoms with Gasteiger partial charge >= 0.3 is 11.9 Å². The molecule has 3 aliphatic heterocycles. The van der Waals surface area contributed by atoms with Crippen molar-refractivity contribution in [1.29, 1.82) is 10.5 Å². The van der Waals surface area contributed by atoms with E-state index in [1.807, 2.05) is 0 Å². The molecule has 0 radical (unpaired) electrons. The summed E-state index contributed by atoms with van der Waals surface area (Å²) in [7, 11) is 2.19. The van der Waals surface area contributed by atoms with E-state index in [1.165, 1.54) is 0 Å². The Hall–Kier alpha value is -5.98. The monoisotopic (exact) mass is 744 g/mol. The number of ether oxygens (including phenoxy) is 2. The van der Waals surface area contributed by atoms with Gasteiger partial charge in [-0.25, -0.2) is 9.59 Å². The van der Waals surface area contributed by atoms with E-state index >= 15 is 0 Å². The lowest BCUT2D eigenvalue weighted by Gasteiger charge is -2.39. The molecule has 2 aromatic rings. The number of nitriles is 2. The fraction of sp³-hybridized carbons (Fsp3) is 0.353. The quantitative estimate of drug-likeness (QED) is 0.146. The predicted octanol–water partition coefficient (Wildman–Crippen LogP) is 0.271. The molecule has 3 fully saturated rings. The molecular weight excluding hydrogens is 713 g/mol. The number of thiocarbonyl (C=S) groups is 2. The Kier molecular flexibility index (Phi) is 10.8. The summed E-state index contributed by atoms with van der Waals surface area (Å²) in [4.78, 5) is 81.5. The molecule has 2 aromatic carbocycles. The lowest BCUT2D eigenvalue weighted by Crippen LogP contribution is -2.70. The summed E-state index contributed by atoms with van der Waals surface area (Å²) in [5.74, 6) is -7.63. The average molecular weight is 745 g/mol. The molecule has 0 unspecified atom stereocenters. The van der Waals surface area contributed by atoms with Crippen LogP contribution < -0.4 is 31.1 Å². The van der Waals surface area contributed by atoms with Crippen molar-refractivity contribution in [3.05, 3.63) is 59.7 Å². The van der Waals surface area contributed by atoms with Gasteiger partial charge in [0, 0.05) is 61.5 Å². The van der Waals surface area contributed by atoms with E-state index in [9.17, 15) is 39.3 Å². The SMILES string of the molecule is COC(=O)[C@]1(CC(=O)c2ccc(N3CCN(c4ccc(C(=O)C[C@]5(C(=O)OC)NC(=S)NC(=O)[C@H]5C#N)cc4)CC3)cc2)NC(=S)NC(=O)[C@H]1C#N. The van der Waals surface area contributed by atoms with E-state index in [0.29, 0.717) is 26.2 Å². The molecule has 2 amide bonds. The van der Waals surface area contributed by atoms with Crippen LogP contribution in [0.25, 0.3) is 0 Å². The summed E-state index contributed by atoms with van der Waals surface area (Å²) >= 11 is 10.1. The number of nitrogens with one attached hydrogen (secondary N) is 4. The second-order valence-corrected chi connectivity index (χ2v) is 13.0. The predicted molar refractivity (Wildman–Crippen MR) is 191 cm³/mol. The zero-order chi connectivity index (χ0) is 37.8. The lowest BCUT2D eigenvalue weighted by molar-refractivity contribution is -0.153. The minimum atomic E-state index is -1.98. The van der Waals surface area contributed by atoms with Crippen LogP contribution in [0.15, 0.2) is 48.5 Å². The first-order valence-corrected chi connectivity index (χ1v) is 16.6. The molecule has 4 N–H and O–H groups in total. The number of carbonyl (C=O) groups is 6. The molecule has 52 heavy (non-hydrogen) atoms. The Morgan fingerprint density at radius 3 is 1.31 bits per heavy atom. The highest BCUT2D eigenvalue weighted by Crippen LogP contribution is 2.31. The molecular formula is C34H32N8O8S2. The summed E-state index contributed by atoms with van der Waals surface area (Å²) in [6, 6.07) is 17.1. The lowest BCUT2D eigenvalue weighted by atomic mass is 9.77. The van der Waals surface area contributed by atoms with Gasteiger partial charge in [0.2, 0.25) is 11.8 Å². The van der Waals surface area contributed by atoms with Crippen molar-refractivity contribution in [3.8, 4) is 12.1 Å². The van der Waals surface area contributed by atoms with Crippen LogP contribution in [0, 0.1) is 34.5 Å². The van der Waals surface area contributed by atoms with Crippen LogP contribution in [0.2, 0.25) is 0 Å². The van der Waals surface area contributed by atoms with E-state index < -0.39 is 71.1 Å². The van der Waals surface area contributed by atoms with E-state index in [2.05, 4.69) is 31.1 Å². The maximum absolute atomic E-state index is 13.3. The zero-order valence-corrected chi connectivity index (χ0v) is 29.5. The highest BCUT2D eigenvalue weighted by atomic mass is 32.1. The van der Waals surface area contributed by atoms with Crippen LogP contribution in [-0.4, -0.2) is 97.0 Å². The molecule has 268 valence electrons. The first-order valence-electron chi connectivity index (χ1n) is 15.8. The first kappa shape index (κ1) is 37.3. The molecule has 0 spiro atoms. The summed E-state index contributed by atoms with van der Waals surface area (Å²) in [6.07, 6.45) is -1.08. The minimum absolute atomic E-state index is 0.189. The molecule has 0 aromatic heterocycles. The molecule has 18 heteroatoms. The number of benzene rings is 2. The van der Waals surface area contributed by atoms with Gasteiger partial charge in [-0.05, 0) is 73.0 Å². The van der Waals surface area contributed by atoms with E-state index in [1.54, 1.807) is 60.7 Å². The molecule has 3 heterocycles. The second kappa shape index (κ2) is 15.1. The Balaban J connectivity index is 1.21. The van der Waals surface area contributed by atoms with Crippen LogP contribution in [0.3, 0.4) is 0 Å². The number of ketones is 2. The smallest absolute Gasteiger partial charge is 0.334 e. The summed E-state index contributed by atoms with van der Waals surface area (Å²) in [5, 5.41) is 28.8. The van der Waals surface area contributed by atoms with Gasteiger partial charge in [-0.2, -0.15) is 10.5 Å². The number of piperazine rings is 1. The van der Waals surface area contributed by atoms with E-state index in [0.717, 1.165) is 25.6 Å². The van der Waals surface area contributed by atoms with Crippen LogP contribution in [-0.2, 0) is 28.7 Å². The van der Waals surface area contributed by atoms with Crippen LogP contribution in [0.5, 0.6) is 0 Å². The van der Waals surface area contributed by atoms with Gasteiger partial charge in [0.05, 0.1) is 26.4 Å². The Labute approximate surface area is 308 Å². The molecule has 16 nitrogen and oxygen atoms in total. The Bertz CT molecular complexity index is 1800. The average Bonchev–Trinajstić information content (AvgIpc) is 3.13. The first-order chi connectivity index (χ1) is 24.8. The number of Topliss-reactive ketones (excluding diaryl/α,β-unsaturated/α-hetero) is 2. The van der Waals surface area contributed by atoms with E-state index in [4.69, 9.17) is 33.9 Å². The number of amides is 2. The van der Waals surface area contributed by atoms with Gasteiger partial charge in [0.1, 0.15) is 0 Å². The van der Waals surface area contributed by atoms with Crippen molar-refractivity contribution in [2.45, 2.75) is 23.9 Å². The van der Waals surface area contributed by atoms with Crippen LogP contribution >= 0.6 is 24.4 Å². The maximum atomic E-state index is 13.3. The number of carbonyl (C=O) groups excluding carboxylic acids is 6. The summed E-state index contributed by atoms with van der Waals surface area (Å²) < 4.78 is 9.72. The van der Waals surface area contributed by atoms with Gasteiger partial charge in [-0.15, -0.1) is 0 Å². The van der Waals surface area contributed by atoms with Gasteiger partial charge in [0.25, 0.3) is 0 Å². The number of esters is 2. The number of hydrogen-bond acceptors (Lipinski definition) is 14. The second-order valence-electron chi connectivity index (χ2n) is 12.2. The van der Waals surface area contributed by atoms with E-state index in [-0.39, 0.29) is 21.4 Å². The summed E-state index contributed by atoms with van der Waals surface area (Å²) in [5.41, 5.74) is -1.73. The van der Waals surface area contributed by atoms with Gasteiger partial charge in [-0.1, -0.05) is 0 Å². The standard InChI is InChI=1S/C34H32N8O8S2/c1-49-29(47)33(23(17-35)27(45)37-31(51)39-33)15-25(43)19-3-7-21(8-4-19)41-11-13-42(14-12-41)22-9-5-20(6-10-22)26(44)16-34(30(48)50-2)24(18-36)28(46)38-32(52)40-34/h3-10,23-24H,11-16H2,1-2H3,(H2,37,39,45,51)(H2,38,40,46,52)/t23-,24-,33-,34+/m1/s1. The van der Waals surface area contributed by atoms with Crippen molar-refractivity contribution < 1.29 is 38.2 Å². The Morgan fingerprint density at radius 1 is 0.692 bits per heavy atom. The van der Waals surface area contributed by atoms with Crippen molar-refractivity contribution in [2.75, 3.05) is 50.2 Å². The minimum Gasteiger partial charge on any atom is -0.467 e. The Morgan fingerprint density at radius 2 is 1.02 bits per heavy atom. The zero-order valence-electron chi connectivity index (χ0n) is 27.9. The molecule has 0 aliphatic carbocycles. The van der Waals surface area contributed by atoms with Crippen LogP contribution in [0.1, 0.15) is 33.6 Å². The van der Waals surface area contributed by atoms with Crippen molar-refractivity contribution >= 4 is 81.4 Å². The summed E-state index contributed by atoms with van der Waals surface area (Å²) in [6.45, 7) is 2.52. The molecule has 3 aliphatic rings. The number of anilines is 2. The highest BCUT2D eigenvalue weighted by molar-refractivity contribution is 7.80. The third-order valence-corrected chi connectivity index (χ3v) is 9.69. The molecule has 5 rings (SSSR count). The highest BCUT2D eigenvalue weighted by Gasteiger charge is 2.57. The fourth-order valence-electron chi connectivity index (χ4n) is 6.55. The van der Waals surface area contributed by atoms with Gasteiger partial charge in [0.15, 0.2) is 44.7 Å². The van der Waals surface area contributed by atoms with Gasteiger partial charge in [-0.3, -0.25) is 19.2 Å². The van der Waals surface area contributed by atoms with Crippen LogP contribution in [0.4, 0.5) is 11.4 Å². The van der Waals surface area contributed by atoms with Crippen molar-refractivity contribution in [2.24, 2.45) is 11.8 Å². The number of methoxy groups -OCH3 is 2.